The van der Waals surface area contributed by atoms with Crippen LogP contribution in [-0.2, 0) is 22.7 Å². The van der Waals surface area contributed by atoms with Gasteiger partial charge in [0.1, 0.15) is 18.1 Å². The fourth-order valence-corrected chi connectivity index (χ4v) is 2.46. The maximum absolute atomic E-state index is 11.1. The summed E-state index contributed by atoms with van der Waals surface area (Å²) in [6.45, 7) is 3.03. The van der Waals surface area contributed by atoms with Crippen LogP contribution in [0.3, 0.4) is 0 Å². The van der Waals surface area contributed by atoms with Gasteiger partial charge in [-0.2, -0.15) is 9.90 Å². The summed E-state index contributed by atoms with van der Waals surface area (Å²) in [5, 5.41) is 12.0. The van der Waals surface area contributed by atoms with E-state index in [1.165, 1.54) is 7.11 Å². The number of ether oxygens (including phenoxy) is 2. The lowest BCUT2D eigenvalue weighted by molar-refractivity contribution is -0.139. The molecule has 0 aliphatic rings. The summed E-state index contributed by atoms with van der Waals surface area (Å²) < 4.78 is 10.4. The minimum Gasteiger partial charge on any atom is -0.487 e. The Bertz CT molecular complexity index is 876. The van der Waals surface area contributed by atoms with Gasteiger partial charge in [0.25, 0.3) is 0 Å². The largest absolute Gasteiger partial charge is 0.487 e. The Kier molecular flexibility index (Phi) is 6.17. The van der Waals surface area contributed by atoms with Gasteiger partial charge < -0.3 is 14.8 Å². The van der Waals surface area contributed by atoms with E-state index in [4.69, 9.17) is 4.74 Å². The molecule has 1 aromatic heterocycles. The zero-order chi connectivity index (χ0) is 19.1. The van der Waals surface area contributed by atoms with Gasteiger partial charge in [0.05, 0.1) is 25.0 Å². The van der Waals surface area contributed by atoms with Crippen molar-refractivity contribution in [2.75, 3.05) is 13.7 Å². The zero-order valence-corrected chi connectivity index (χ0v) is 15.4. The van der Waals surface area contributed by atoms with Crippen LogP contribution in [0.2, 0.25) is 0 Å². The van der Waals surface area contributed by atoms with E-state index in [2.05, 4.69) is 20.3 Å². The summed E-state index contributed by atoms with van der Waals surface area (Å²) in [5.74, 6) is 0.467. The molecule has 1 heterocycles. The van der Waals surface area contributed by atoms with Crippen molar-refractivity contribution in [1.29, 1.82) is 0 Å². The molecule has 0 radical (unpaired) electrons. The van der Waals surface area contributed by atoms with Gasteiger partial charge in [0, 0.05) is 6.54 Å². The molecule has 0 unspecified atom stereocenters. The number of aryl methyl sites for hydroxylation is 1. The molecule has 2 aromatic carbocycles. The predicted molar refractivity (Wildman–Crippen MR) is 101 cm³/mol. The van der Waals surface area contributed by atoms with Gasteiger partial charge >= 0.3 is 5.97 Å². The average molecular weight is 366 g/mol. The molecule has 3 aromatic rings. The first kappa shape index (κ1) is 18.6. The molecule has 7 heteroatoms. The van der Waals surface area contributed by atoms with Crippen LogP contribution in [0.25, 0.3) is 5.69 Å². The van der Waals surface area contributed by atoms with Crippen molar-refractivity contribution >= 4 is 5.97 Å². The van der Waals surface area contributed by atoms with E-state index in [-0.39, 0.29) is 12.5 Å². The number of hydrogen-bond donors (Lipinski definition) is 1. The Morgan fingerprint density at radius 1 is 1.07 bits per heavy atom. The Morgan fingerprint density at radius 3 is 2.52 bits per heavy atom. The third kappa shape index (κ3) is 5.15. The monoisotopic (exact) mass is 366 g/mol. The van der Waals surface area contributed by atoms with Crippen molar-refractivity contribution in [3.8, 4) is 11.4 Å². The summed E-state index contributed by atoms with van der Waals surface area (Å²) in [5.41, 5.74) is 3.60. The van der Waals surface area contributed by atoms with E-state index in [0.29, 0.717) is 13.2 Å². The van der Waals surface area contributed by atoms with Crippen LogP contribution in [0, 0.1) is 6.92 Å². The van der Waals surface area contributed by atoms with Crippen LogP contribution >= 0.6 is 0 Å². The van der Waals surface area contributed by atoms with Crippen LogP contribution in [0.4, 0.5) is 0 Å². The third-order valence-electron chi connectivity index (χ3n) is 3.99. The fourth-order valence-electron chi connectivity index (χ4n) is 2.46. The fraction of sp³-hybridized carbons (Fsp3) is 0.250. The molecule has 0 amide bonds. The highest BCUT2D eigenvalue weighted by Gasteiger charge is 2.09. The quantitative estimate of drug-likeness (QED) is 0.617. The summed E-state index contributed by atoms with van der Waals surface area (Å²) in [6.07, 6.45) is 0. The van der Waals surface area contributed by atoms with Crippen LogP contribution in [0.1, 0.15) is 17.0 Å². The number of rotatable bonds is 8. The second kappa shape index (κ2) is 8.95. The Hall–Kier alpha value is -3.19. The molecule has 0 fully saturated rings. The van der Waals surface area contributed by atoms with Crippen LogP contribution in [0.5, 0.6) is 5.75 Å². The summed E-state index contributed by atoms with van der Waals surface area (Å²) in [4.78, 5) is 12.7. The number of methoxy groups -OCH3 is 1. The van der Waals surface area contributed by atoms with Crippen molar-refractivity contribution < 1.29 is 14.3 Å². The highest BCUT2D eigenvalue weighted by Crippen LogP contribution is 2.15. The maximum Gasteiger partial charge on any atom is 0.319 e. The highest BCUT2D eigenvalue weighted by atomic mass is 16.5. The van der Waals surface area contributed by atoms with Crippen molar-refractivity contribution in [2.24, 2.45) is 0 Å². The first-order valence-electron chi connectivity index (χ1n) is 8.63. The van der Waals surface area contributed by atoms with Crippen LogP contribution < -0.4 is 10.1 Å². The second-order valence-electron chi connectivity index (χ2n) is 5.97. The Balaban J connectivity index is 1.54. The lowest BCUT2D eigenvalue weighted by Gasteiger charge is -2.07. The molecular formula is C20H22N4O3. The van der Waals surface area contributed by atoms with Gasteiger partial charge in [0.15, 0.2) is 0 Å². The molecule has 0 spiro atoms. The molecule has 0 aliphatic carbocycles. The lowest BCUT2D eigenvalue weighted by atomic mass is 10.2. The van der Waals surface area contributed by atoms with E-state index in [9.17, 15) is 4.79 Å². The van der Waals surface area contributed by atoms with Gasteiger partial charge in [-0.25, -0.2) is 0 Å². The molecule has 3 rings (SSSR count). The topological polar surface area (TPSA) is 78.3 Å². The summed E-state index contributed by atoms with van der Waals surface area (Å²) in [6, 6.07) is 17.5. The number of esters is 1. The number of para-hydroxylation sites is 1. The molecule has 140 valence electrons. The number of carbonyl (C=O) groups excluding carboxylic acids is 1. The minimum absolute atomic E-state index is 0.186. The number of nitrogens with one attached hydrogen (secondary N) is 1. The molecule has 0 bridgehead atoms. The molecule has 0 saturated carbocycles. The van der Waals surface area contributed by atoms with Crippen LogP contribution in [-0.4, -0.2) is 34.6 Å². The minimum atomic E-state index is -0.283. The SMILES string of the molecule is COC(=O)CNCc1ccc(OCc2nn(-c3ccccc3)nc2C)cc1. The lowest BCUT2D eigenvalue weighted by Crippen LogP contribution is -2.23. The number of aromatic nitrogens is 3. The highest BCUT2D eigenvalue weighted by molar-refractivity contribution is 5.71. The molecular weight excluding hydrogens is 344 g/mol. The smallest absolute Gasteiger partial charge is 0.319 e. The van der Waals surface area contributed by atoms with Gasteiger partial charge in [-0.15, -0.1) is 5.10 Å². The molecule has 27 heavy (non-hydrogen) atoms. The van der Waals surface area contributed by atoms with Crippen molar-refractivity contribution in [1.82, 2.24) is 20.3 Å². The molecule has 0 saturated heterocycles. The van der Waals surface area contributed by atoms with Gasteiger partial charge in [-0.1, -0.05) is 30.3 Å². The molecule has 0 atom stereocenters. The number of nitrogens with zero attached hydrogens (tertiary/aromatic N) is 3. The standard InChI is InChI=1S/C20H22N4O3/c1-15-19(23-24(22-15)17-6-4-3-5-7-17)14-27-18-10-8-16(9-11-18)12-21-13-20(25)26-2/h3-11,21H,12-14H2,1-2H3. The Labute approximate surface area is 157 Å². The number of hydrogen-bond acceptors (Lipinski definition) is 6. The van der Waals surface area contributed by atoms with E-state index in [1.807, 2.05) is 61.5 Å². The zero-order valence-electron chi connectivity index (χ0n) is 15.4. The predicted octanol–water partition coefficient (Wildman–Crippen LogP) is 2.42. The van der Waals surface area contributed by atoms with Gasteiger partial charge in [-0.05, 0) is 36.8 Å². The van der Waals surface area contributed by atoms with Crippen molar-refractivity contribution in [3.63, 3.8) is 0 Å². The third-order valence-corrected chi connectivity index (χ3v) is 3.99. The average Bonchev–Trinajstić information content (AvgIpc) is 3.08. The van der Waals surface area contributed by atoms with E-state index < -0.39 is 0 Å². The molecule has 0 aliphatic heterocycles. The van der Waals surface area contributed by atoms with Crippen molar-refractivity contribution in [3.05, 3.63) is 71.5 Å². The summed E-state index contributed by atoms with van der Waals surface area (Å²) in [7, 11) is 1.37. The number of carbonyl (C=O) groups is 1. The molecule has 7 nitrogen and oxygen atoms in total. The first-order valence-corrected chi connectivity index (χ1v) is 8.63. The Morgan fingerprint density at radius 2 is 1.81 bits per heavy atom. The summed E-state index contributed by atoms with van der Waals surface area (Å²) >= 11 is 0. The van der Waals surface area contributed by atoms with Gasteiger partial charge in [-0.3, -0.25) is 4.79 Å². The van der Waals surface area contributed by atoms with Crippen molar-refractivity contribution in [2.45, 2.75) is 20.1 Å². The second-order valence-corrected chi connectivity index (χ2v) is 5.97. The maximum atomic E-state index is 11.1. The van der Waals surface area contributed by atoms with E-state index >= 15 is 0 Å². The van der Waals surface area contributed by atoms with E-state index in [0.717, 1.165) is 28.4 Å². The van der Waals surface area contributed by atoms with E-state index in [1.54, 1.807) is 4.80 Å². The van der Waals surface area contributed by atoms with Gasteiger partial charge in [0.2, 0.25) is 0 Å². The first-order chi connectivity index (χ1) is 13.2. The normalized spacial score (nSPS) is 10.6. The van der Waals surface area contributed by atoms with Crippen LogP contribution in [0.15, 0.2) is 54.6 Å². The number of benzene rings is 2. The molecule has 1 N–H and O–H groups in total.